The predicted molar refractivity (Wildman–Crippen MR) is 77.8 cm³/mol. The first-order valence-corrected chi connectivity index (χ1v) is 6.69. The molecule has 5 heteroatoms. The summed E-state index contributed by atoms with van der Waals surface area (Å²) in [5.74, 6) is 0.822. The molecule has 1 aromatic carbocycles. The summed E-state index contributed by atoms with van der Waals surface area (Å²) in [4.78, 5) is 1.07. The van der Waals surface area contributed by atoms with Gasteiger partial charge in [0.25, 0.3) is 0 Å². The van der Waals surface area contributed by atoms with Gasteiger partial charge in [-0.1, -0.05) is 6.07 Å². The molecule has 0 saturated carbocycles. The molecule has 0 amide bonds. The third kappa shape index (κ3) is 2.20. The second-order valence-corrected chi connectivity index (χ2v) is 5.00. The zero-order valence-electron chi connectivity index (χ0n) is 10.4. The number of hydrogen-bond donors (Lipinski definition) is 1. The first-order valence-electron chi connectivity index (χ1n) is 5.81. The van der Waals surface area contributed by atoms with Crippen molar-refractivity contribution in [3.63, 3.8) is 0 Å². The van der Waals surface area contributed by atoms with Gasteiger partial charge in [0.1, 0.15) is 11.4 Å². The van der Waals surface area contributed by atoms with E-state index in [4.69, 9.17) is 10.5 Å². The summed E-state index contributed by atoms with van der Waals surface area (Å²) in [6, 6.07) is 11.7. The lowest BCUT2D eigenvalue weighted by molar-refractivity contribution is 0.414. The van der Waals surface area contributed by atoms with E-state index in [2.05, 4.69) is 5.10 Å². The van der Waals surface area contributed by atoms with Crippen molar-refractivity contribution in [2.24, 2.45) is 0 Å². The van der Waals surface area contributed by atoms with Gasteiger partial charge in [-0.05, 0) is 35.7 Å². The third-order valence-corrected chi connectivity index (χ3v) is 3.71. The SMILES string of the molecule is COc1ccc(-n2cc(N)c(-c3cccs3)n2)cc1. The summed E-state index contributed by atoms with van der Waals surface area (Å²) in [6.07, 6.45) is 1.83. The smallest absolute Gasteiger partial charge is 0.126 e. The van der Waals surface area contributed by atoms with Gasteiger partial charge in [-0.25, -0.2) is 4.68 Å². The van der Waals surface area contributed by atoms with Crippen molar-refractivity contribution in [3.8, 4) is 22.0 Å². The number of nitrogens with two attached hydrogens (primary N) is 1. The lowest BCUT2D eigenvalue weighted by Gasteiger charge is -2.02. The summed E-state index contributed by atoms with van der Waals surface area (Å²) in [6.45, 7) is 0. The second kappa shape index (κ2) is 4.78. The van der Waals surface area contributed by atoms with E-state index in [-0.39, 0.29) is 0 Å². The van der Waals surface area contributed by atoms with E-state index < -0.39 is 0 Å². The van der Waals surface area contributed by atoms with Crippen molar-refractivity contribution >= 4 is 17.0 Å². The van der Waals surface area contributed by atoms with Gasteiger partial charge in [0.05, 0.1) is 29.6 Å². The topological polar surface area (TPSA) is 53.1 Å². The minimum atomic E-state index is 0.679. The van der Waals surface area contributed by atoms with Crippen LogP contribution in [0.1, 0.15) is 0 Å². The Morgan fingerprint density at radius 3 is 2.63 bits per heavy atom. The minimum Gasteiger partial charge on any atom is -0.497 e. The standard InChI is InChI=1S/C14H13N3OS/c1-18-11-6-4-10(5-7-11)17-9-12(15)14(16-17)13-3-2-8-19-13/h2-9H,15H2,1H3. The normalized spacial score (nSPS) is 10.6. The van der Waals surface area contributed by atoms with Crippen LogP contribution in [0.25, 0.3) is 16.3 Å². The van der Waals surface area contributed by atoms with Gasteiger partial charge in [-0.15, -0.1) is 11.3 Å². The Kier molecular flexibility index (Phi) is 2.97. The first kappa shape index (κ1) is 11.8. The largest absolute Gasteiger partial charge is 0.497 e. The molecule has 0 atom stereocenters. The molecular formula is C14H13N3OS. The molecule has 0 bridgehead atoms. The summed E-state index contributed by atoms with van der Waals surface area (Å²) >= 11 is 1.63. The fourth-order valence-electron chi connectivity index (χ4n) is 1.86. The number of benzene rings is 1. The number of anilines is 1. The molecule has 0 saturated heterocycles. The average Bonchev–Trinajstić information content (AvgIpc) is 3.08. The molecule has 2 aromatic heterocycles. The molecule has 0 aliphatic heterocycles. The Bertz CT molecular complexity index is 671. The van der Waals surface area contributed by atoms with Gasteiger partial charge in [0, 0.05) is 0 Å². The maximum absolute atomic E-state index is 6.02. The average molecular weight is 271 g/mol. The molecule has 0 radical (unpaired) electrons. The Balaban J connectivity index is 1.99. The molecule has 3 rings (SSSR count). The quantitative estimate of drug-likeness (QED) is 0.796. The number of aromatic nitrogens is 2. The number of nitrogen functional groups attached to an aromatic ring is 1. The first-order chi connectivity index (χ1) is 9.28. The molecule has 0 unspecified atom stereocenters. The number of rotatable bonds is 3. The Morgan fingerprint density at radius 2 is 2.00 bits per heavy atom. The van der Waals surface area contributed by atoms with Crippen molar-refractivity contribution in [1.29, 1.82) is 0 Å². The Labute approximate surface area is 115 Å². The van der Waals surface area contributed by atoms with Crippen LogP contribution in [-0.4, -0.2) is 16.9 Å². The van der Waals surface area contributed by atoms with Gasteiger partial charge in [-0.3, -0.25) is 0 Å². The number of methoxy groups -OCH3 is 1. The fraction of sp³-hybridized carbons (Fsp3) is 0.0714. The van der Waals surface area contributed by atoms with Crippen LogP contribution in [0, 0.1) is 0 Å². The van der Waals surface area contributed by atoms with E-state index in [1.54, 1.807) is 23.1 Å². The van der Waals surface area contributed by atoms with Crippen LogP contribution in [-0.2, 0) is 0 Å². The van der Waals surface area contributed by atoms with Crippen LogP contribution >= 0.6 is 11.3 Å². The maximum atomic E-state index is 6.02. The highest BCUT2D eigenvalue weighted by Crippen LogP contribution is 2.29. The van der Waals surface area contributed by atoms with E-state index in [0.717, 1.165) is 22.0 Å². The number of nitrogens with zero attached hydrogens (tertiary/aromatic N) is 2. The summed E-state index contributed by atoms with van der Waals surface area (Å²) < 4.78 is 6.92. The molecule has 0 aliphatic carbocycles. The highest BCUT2D eigenvalue weighted by Gasteiger charge is 2.10. The van der Waals surface area contributed by atoms with E-state index in [9.17, 15) is 0 Å². The minimum absolute atomic E-state index is 0.679. The molecule has 0 fully saturated rings. The van der Waals surface area contributed by atoms with E-state index >= 15 is 0 Å². The van der Waals surface area contributed by atoms with Gasteiger partial charge in [0.2, 0.25) is 0 Å². The van der Waals surface area contributed by atoms with Crippen molar-refractivity contribution in [1.82, 2.24) is 9.78 Å². The van der Waals surface area contributed by atoms with Gasteiger partial charge in [-0.2, -0.15) is 5.10 Å². The molecule has 0 aliphatic rings. The fourth-order valence-corrected chi connectivity index (χ4v) is 2.59. The van der Waals surface area contributed by atoms with E-state index in [0.29, 0.717) is 5.69 Å². The van der Waals surface area contributed by atoms with E-state index in [1.165, 1.54) is 0 Å². The van der Waals surface area contributed by atoms with Crippen LogP contribution in [0.3, 0.4) is 0 Å². The molecule has 3 aromatic rings. The van der Waals surface area contributed by atoms with Crippen LogP contribution in [0.2, 0.25) is 0 Å². The second-order valence-electron chi connectivity index (χ2n) is 4.05. The van der Waals surface area contributed by atoms with Crippen molar-refractivity contribution in [2.45, 2.75) is 0 Å². The monoisotopic (exact) mass is 271 g/mol. The summed E-state index contributed by atoms with van der Waals surface area (Å²) in [5, 5.41) is 6.55. The lowest BCUT2D eigenvalue weighted by atomic mass is 10.3. The Morgan fingerprint density at radius 1 is 1.21 bits per heavy atom. The zero-order chi connectivity index (χ0) is 13.2. The molecule has 2 N–H and O–H groups in total. The predicted octanol–water partition coefficient (Wildman–Crippen LogP) is 3.19. The van der Waals surface area contributed by atoms with Crippen molar-refractivity contribution in [3.05, 3.63) is 48.0 Å². The lowest BCUT2D eigenvalue weighted by Crippen LogP contribution is -1.94. The highest BCUT2D eigenvalue weighted by molar-refractivity contribution is 7.13. The molecule has 96 valence electrons. The number of ether oxygens (including phenoxy) is 1. The van der Waals surface area contributed by atoms with Gasteiger partial charge < -0.3 is 10.5 Å². The molecular weight excluding hydrogens is 258 g/mol. The summed E-state index contributed by atoms with van der Waals surface area (Å²) in [7, 11) is 1.65. The highest BCUT2D eigenvalue weighted by atomic mass is 32.1. The molecule has 4 nitrogen and oxygen atoms in total. The Hall–Kier alpha value is -2.27. The number of hydrogen-bond acceptors (Lipinski definition) is 4. The van der Waals surface area contributed by atoms with Gasteiger partial charge in [0.15, 0.2) is 0 Å². The van der Waals surface area contributed by atoms with Crippen molar-refractivity contribution < 1.29 is 4.74 Å². The van der Waals surface area contributed by atoms with Crippen LogP contribution in [0.15, 0.2) is 48.0 Å². The molecule has 2 heterocycles. The molecule has 19 heavy (non-hydrogen) atoms. The summed E-state index contributed by atoms with van der Waals surface area (Å²) in [5.41, 5.74) is 8.48. The van der Waals surface area contributed by atoms with Crippen LogP contribution in [0.4, 0.5) is 5.69 Å². The van der Waals surface area contributed by atoms with Crippen LogP contribution < -0.4 is 10.5 Å². The zero-order valence-corrected chi connectivity index (χ0v) is 11.2. The van der Waals surface area contributed by atoms with Gasteiger partial charge >= 0.3 is 0 Å². The van der Waals surface area contributed by atoms with E-state index in [1.807, 2.05) is 48.0 Å². The number of thiophene rings is 1. The maximum Gasteiger partial charge on any atom is 0.126 e. The molecule has 0 spiro atoms. The van der Waals surface area contributed by atoms with Crippen molar-refractivity contribution in [2.75, 3.05) is 12.8 Å². The third-order valence-electron chi connectivity index (χ3n) is 2.83. The van der Waals surface area contributed by atoms with Crippen LogP contribution in [0.5, 0.6) is 5.75 Å².